The summed E-state index contributed by atoms with van der Waals surface area (Å²) in [5.41, 5.74) is 0. The number of allylic oxidation sites excluding steroid dienone is 2. The predicted octanol–water partition coefficient (Wildman–Crippen LogP) is 4.56. The quantitative estimate of drug-likeness (QED) is 0.489. The molecule has 0 aliphatic rings. The van der Waals surface area contributed by atoms with Crippen molar-refractivity contribution >= 4 is 0 Å². The van der Waals surface area contributed by atoms with E-state index in [1.165, 1.54) is 38.5 Å². The van der Waals surface area contributed by atoms with Crippen molar-refractivity contribution in [3.05, 3.63) is 12.2 Å². The van der Waals surface area contributed by atoms with Crippen LogP contribution in [-0.2, 0) is 0 Å². The Morgan fingerprint density at radius 2 is 1.83 bits per heavy atom. The molecule has 0 rings (SSSR count). The first kappa shape index (κ1) is 11.7. The van der Waals surface area contributed by atoms with Crippen LogP contribution in [0.4, 0.5) is 0 Å². The van der Waals surface area contributed by atoms with E-state index >= 15 is 0 Å². The zero-order chi connectivity index (χ0) is 9.23. The molecule has 1 unspecified atom stereocenters. The van der Waals surface area contributed by atoms with E-state index in [9.17, 15) is 0 Å². The fraction of sp³-hybridized carbons (Fsp3) is 0.833. The monoisotopic (exact) mass is 168 g/mol. The minimum atomic E-state index is 0.923. The second-order valence-corrected chi connectivity index (χ2v) is 3.70. The van der Waals surface area contributed by atoms with E-state index in [0.29, 0.717) is 0 Å². The number of unbranched alkanes of at least 4 members (excludes halogenated alkanes) is 1. The molecule has 0 heteroatoms. The van der Waals surface area contributed by atoms with Gasteiger partial charge in [-0.3, -0.25) is 0 Å². The zero-order valence-corrected chi connectivity index (χ0v) is 8.97. The van der Waals surface area contributed by atoms with Gasteiger partial charge in [-0.25, -0.2) is 0 Å². The summed E-state index contributed by atoms with van der Waals surface area (Å²) in [6.45, 7) is 6.83. The highest BCUT2D eigenvalue weighted by Crippen LogP contribution is 2.13. The normalized spacial score (nSPS) is 13.9. The van der Waals surface area contributed by atoms with Crippen molar-refractivity contribution in [2.45, 2.75) is 59.3 Å². The maximum Gasteiger partial charge on any atom is -0.0348 e. The van der Waals surface area contributed by atoms with Gasteiger partial charge in [0.25, 0.3) is 0 Å². The Kier molecular flexibility index (Phi) is 8.64. The molecular weight excluding hydrogens is 144 g/mol. The van der Waals surface area contributed by atoms with E-state index in [0.717, 1.165) is 5.92 Å². The molecular formula is C12H24. The van der Waals surface area contributed by atoms with Crippen molar-refractivity contribution in [1.82, 2.24) is 0 Å². The highest BCUT2D eigenvalue weighted by atomic mass is 14.0. The number of rotatable bonds is 7. The Morgan fingerprint density at radius 1 is 1.08 bits per heavy atom. The Morgan fingerprint density at radius 3 is 2.42 bits per heavy atom. The van der Waals surface area contributed by atoms with Crippen molar-refractivity contribution in [2.24, 2.45) is 5.92 Å². The van der Waals surface area contributed by atoms with E-state index in [2.05, 4.69) is 32.9 Å². The lowest BCUT2D eigenvalue weighted by molar-refractivity contribution is 0.475. The van der Waals surface area contributed by atoms with Crippen LogP contribution in [-0.4, -0.2) is 0 Å². The van der Waals surface area contributed by atoms with Crippen LogP contribution < -0.4 is 0 Å². The molecule has 0 aromatic rings. The summed E-state index contributed by atoms with van der Waals surface area (Å²) in [4.78, 5) is 0. The molecule has 0 N–H and O–H groups in total. The van der Waals surface area contributed by atoms with Crippen molar-refractivity contribution < 1.29 is 0 Å². The summed E-state index contributed by atoms with van der Waals surface area (Å²) in [6, 6.07) is 0. The Hall–Kier alpha value is -0.260. The van der Waals surface area contributed by atoms with Gasteiger partial charge in [-0.05, 0) is 25.2 Å². The van der Waals surface area contributed by atoms with Crippen LogP contribution in [0.15, 0.2) is 12.2 Å². The summed E-state index contributed by atoms with van der Waals surface area (Å²) < 4.78 is 0. The highest BCUT2D eigenvalue weighted by molar-refractivity contribution is 4.80. The van der Waals surface area contributed by atoms with E-state index < -0.39 is 0 Å². The molecule has 0 aromatic heterocycles. The van der Waals surface area contributed by atoms with Crippen molar-refractivity contribution in [3.8, 4) is 0 Å². The van der Waals surface area contributed by atoms with Gasteiger partial charge in [0.15, 0.2) is 0 Å². The molecule has 0 heterocycles. The lowest BCUT2D eigenvalue weighted by Gasteiger charge is -2.07. The summed E-state index contributed by atoms with van der Waals surface area (Å²) in [5, 5.41) is 0. The maximum absolute atomic E-state index is 2.37. The van der Waals surface area contributed by atoms with Crippen molar-refractivity contribution in [3.63, 3.8) is 0 Å². The average molecular weight is 168 g/mol. The SMILES string of the molecule is CC/C=C/CCC(C)CCCC. The average Bonchev–Trinajstić information content (AvgIpc) is 2.09. The van der Waals surface area contributed by atoms with E-state index in [4.69, 9.17) is 0 Å². The number of hydrogen-bond donors (Lipinski definition) is 0. The van der Waals surface area contributed by atoms with Crippen LogP contribution in [0.25, 0.3) is 0 Å². The molecule has 0 aromatic carbocycles. The van der Waals surface area contributed by atoms with Gasteiger partial charge in [-0.15, -0.1) is 0 Å². The first-order chi connectivity index (χ1) is 5.81. The summed E-state index contributed by atoms with van der Waals surface area (Å²) in [5.74, 6) is 0.923. The van der Waals surface area contributed by atoms with E-state index in [1.54, 1.807) is 0 Å². The Bertz CT molecular complexity index is 103. The van der Waals surface area contributed by atoms with Crippen LogP contribution in [0.5, 0.6) is 0 Å². The second kappa shape index (κ2) is 8.83. The minimum Gasteiger partial charge on any atom is -0.0888 e. The van der Waals surface area contributed by atoms with Crippen LogP contribution in [0, 0.1) is 5.92 Å². The number of hydrogen-bond acceptors (Lipinski definition) is 0. The zero-order valence-electron chi connectivity index (χ0n) is 8.97. The van der Waals surface area contributed by atoms with Gasteiger partial charge in [-0.2, -0.15) is 0 Å². The van der Waals surface area contributed by atoms with E-state index in [-0.39, 0.29) is 0 Å². The van der Waals surface area contributed by atoms with Crippen LogP contribution in [0.3, 0.4) is 0 Å². The lowest BCUT2D eigenvalue weighted by Crippen LogP contribution is -1.92. The summed E-state index contributed by atoms with van der Waals surface area (Å²) >= 11 is 0. The molecule has 0 fully saturated rings. The molecule has 0 nitrogen and oxygen atoms in total. The third kappa shape index (κ3) is 7.84. The summed E-state index contributed by atoms with van der Waals surface area (Å²) in [7, 11) is 0. The van der Waals surface area contributed by atoms with Gasteiger partial charge in [0.2, 0.25) is 0 Å². The smallest absolute Gasteiger partial charge is 0.0348 e. The van der Waals surface area contributed by atoms with Gasteiger partial charge in [0.1, 0.15) is 0 Å². The topological polar surface area (TPSA) is 0 Å². The molecule has 0 saturated heterocycles. The first-order valence-electron chi connectivity index (χ1n) is 5.46. The van der Waals surface area contributed by atoms with Crippen molar-refractivity contribution in [1.29, 1.82) is 0 Å². The first-order valence-corrected chi connectivity index (χ1v) is 5.46. The highest BCUT2D eigenvalue weighted by Gasteiger charge is 1.98. The molecule has 72 valence electrons. The summed E-state index contributed by atoms with van der Waals surface area (Å²) in [6.07, 6.45) is 12.6. The Balaban J connectivity index is 3.18. The van der Waals surface area contributed by atoms with Crippen molar-refractivity contribution in [2.75, 3.05) is 0 Å². The third-order valence-electron chi connectivity index (χ3n) is 2.28. The van der Waals surface area contributed by atoms with Crippen LogP contribution in [0.1, 0.15) is 59.3 Å². The molecule has 0 aliphatic heterocycles. The Labute approximate surface area is 78.1 Å². The van der Waals surface area contributed by atoms with Gasteiger partial charge in [-0.1, -0.05) is 52.2 Å². The lowest BCUT2D eigenvalue weighted by atomic mass is 9.99. The molecule has 0 radical (unpaired) electrons. The molecule has 0 bridgehead atoms. The van der Waals surface area contributed by atoms with Gasteiger partial charge >= 0.3 is 0 Å². The van der Waals surface area contributed by atoms with Gasteiger partial charge in [0.05, 0.1) is 0 Å². The fourth-order valence-electron chi connectivity index (χ4n) is 1.36. The minimum absolute atomic E-state index is 0.923. The van der Waals surface area contributed by atoms with Crippen LogP contribution in [0.2, 0.25) is 0 Å². The molecule has 0 amide bonds. The maximum atomic E-state index is 2.37. The van der Waals surface area contributed by atoms with E-state index in [1.807, 2.05) is 0 Å². The molecule has 1 atom stereocenters. The molecule has 12 heavy (non-hydrogen) atoms. The standard InChI is InChI=1S/C12H24/c1-4-6-8-9-11-12(3)10-7-5-2/h6,8,12H,4-5,7,9-11H2,1-3H3/b8-6+. The van der Waals surface area contributed by atoms with Gasteiger partial charge < -0.3 is 0 Å². The molecule has 0 saturated carbocycles. The predicted molar refractivity (Wildman–Crippen MR) is 57.4 cm³/mol. The molecule has 0 aliphatic carbocycles. The fourth-order valence-corrected chi connectivity index (χ4v) is 1.36. The third-order valence-corrected chi connectivity index (χ3v) is 2.28. The van der Waals surface area contributed by atoms with Gasteiger partial charge in [0, 0.05) is 0 Å². The molecule has 0 spiro atoms. The van der Waals surface area contributed by atoms with Crippen LogP contribution >= 0.6 is 0 Å². The second-order valence-electron chi connectivity index (χ2n) is 3.70. The largest absolute Gasteiger partial charge is 0.0888 e.